The zero-order valence-electron chi connectivity index (χ0n) is 17.0. The Kier molecular flexibility index (Phi) is 7.29. The second kappa shape index (κ2) is 9.88. The maximum absolute atomic E-state index is 11.6. The fourth-order valence-corrected chi connectivity index (χ4v) is 2.83. The molecule has 0 aliphatic rings. The van der Waals surface area contributed by atoms with E-state index in [1.165, 1.54) is 6.92 Å². The molecule has 0 radical (unpaired) electrons. The van der Waals surface area contributed by atoms with Crippen molar-refractivity contribution in [2.24, 2.45) is 10.2 Å². The lowest BCUT2D eigenvalue weighted by atomic mass is 10.1. The number of nitrogens with zero attached hydrogens (tertiary/aromatic N) is 6. The minimum atomic E-state index is -0.882. The van der Waals surface area contributed by atoms with E-state index in [2.05, 4.69) is 15.5 Å². The Balaban J connectivity index is 2.58. The van der Waals surface area contributed by atoms with Crippen LogP contribution in [0.5, 0.6) is 0 Å². The highest BCUT2D eigenvalue weighted by molar-refractivity contribution is 5.93. The number of carbonyl (C=O) groups excluding carboxylic acids is 1. The van der Waals surface area contributed by atoms with Crippen LogP contribution in [0.4, 0.5) is 34.1 Å². The van der Waals surface area contributed by atoms with Crippen LogP contribution in [0.25, 0.3) is 0 Å². The first-order valence-corrected chi connectivity index (χ1v) is 9.17. The van der Waals surface area contributed by atoms with Gasteiger partial charge in [0.15, 0.2) is 5.69 Å². The highest BCUT2D eigenvalue weighted by atomic mass is 16.6. The lowest BCUT2D eigenvalue weighted by Gasteiger charge is -2.22. The van der Waals surface area contributed by atoms with Gasteiger partial charge >= 0.3 is 5.69 Å². The smallest absolute Gasteiger partial charge is 0.303 e. The van der Waals surface area contributed by atoms with Gasteiger partial charge in [-0.2, -0.15) is 5.26 Å². The van der Waals surface area contributed by atoms with Gasteiger partial charge in [-0.15, -0.1) is 10.2 Å². The van der Waals surface area contributed by atoms with Crippen LogP contribution >= 0.6 is 0 Å². The Morgan fingerprint density at radius 3 is 2.19 bits per heavy atom. The van der Waals surface area contributed by atoms with Crippen molar-refractivity contribution in [3.05, 3.63) is 56.1 Å². The molecule has 0 saturated carbocycles. The standard InChI is InChI=1S/C19H19N7O5/c1-4-24(5-2)14-6-7-15(16(9-14)21-12(3)27)22-23-17-8-13(11-20)18(25(28)29)10-19(17)26(30)31/h6-10H,4-5H2,1-3H3,(H,21,27). The van der Waals surface area contributed by atoms with Gasteiger partial charge in [-0.05, 0) is 38.1 Å². The maximum atomic E-state index is 11.6. The van der Waals surface area contributed by atoms with Crippen molar-refractivity contribution in [2.45, 2.75) is 20.8 Å². The highest BCUT2D eigenvalue weighted by Gasteiger charge is 2.24. The lowest BCUT2D eigenvalue weighted by Crippen LogP contribution is -2.21. The molecule has 0 fully saturated rings. The fourth-order valence-electron chi connectivity index (χ4n) is 2.83. The number of carbonyl (C=O) groups is 1. The van der Waals surface area contributed by atoms with Crippen LogP contribution in [0.15, 0.2) is 40.6 Å². The molecule has 0 saturated heterocycles. The van der Waals surface area contributed by atoms with Crippen LogP contribution in [-0.2, 0) is 4.79 Å². The van der Waals surface area contributed by atoms with Crippen molar-refractivity contribution in [1.82, 2.24) is 0 Å². The molecule has 0 heterocycles. The van der Waals surface area contributed by atoms with E-state index in [9.17, 15) is 25.0 Å². The zero-order valence-corrected chi connectivity index (χ0v) is 17.0. The number of rotatable bonds is 8. The Morgan fingerprint density at radius 1 is 1.06 bits per heavy atom. The van der Waals surface area contributed by atoms with Crippen LogP contribution in [0.3, 0.4) is 0 Å². The quantitative estimate of drug-likeness (QED) is 0.366. The summed E-state index contributed by atoms with van der Waals surface area (Å²) in [5, 5.41) is 42.0. The molecule has 0 aliphatic heterocycles. The molecular formula is C19H19N7O5. The summed E-state index contributed by atoms with van der Waals surface area (Å²) in [6.07, 6.45) is 0. The van der Waals surface area contributed by atoms with Crippen LogP contribution < -0.4 is 10.2 Å². The van der Waals surface area contributed by atoms with E-state index < -0.39 is 21.2 Å². The zero-order chi connectivity index (χ0) is 23.1. The number of hydrogen-bond donors (Lipinski definition) is 1. The van der Waals surface area contributed by atoms with Crippen LogP contribution in [-0.4, -0.2) is 28.8 Å². The summed E-state index contributed by atoms with van der Waals surface area (Å²) in [5.74, 6) is -0.346. The van der Waals surface area contributed by atoms with Crippen LogP contribution in [0, 0.1) is 31.6 Å². The molecule has 2 rings (SSSR count). The number of anilines is 2. The number of nitro benzene ring substituents is 2. The van der Waals surface area contributed by atoms with Gasteiger partial charge in [0.05, 0.1) is 21.6 Å². The third-order valence-electron chi connectivity index (χ3n) is 4.29. The van der Waals surface area contributed by atoms with Gasteiger partial charge in [-0.3, -0.25) is 25.0 Å². The Hall–Kier alpha value is -4.40. The molecule has 0 bridgehead atoms. The van der Waals surface area contributed by atoms with E-state index in [0.717, 1.165) is 24.8 Å². The first-order chi connectivity index (χ1) is 14.7. The molecule has 1 N–H and O–H groups in total. The minimum absolute atomic E-state index is 0.220. The summed E-state index contributed by atoms with van der Waals surface area (Å²) >= 11 is 0. The molecule has 12 heteroatoms. The summed E-state index contributed by atoms with van der Waals surface area (Å²) < 4.78 is 0. The van der Waals surface area contributed by atoms with E-state index in [0.29, 0.717) is 11.8 Å². The fraction of sp³-hybridized carbons (Fsp3) is 0.263. The minimum Gasteiger partial charge on any atom is -0.372 e. The van der Waals surface area contributed by atoms with Crippen molar-refractivity contribution in [2.75, 3.05) is 23.3 Å². The van der Waals surface area contributed by atoms with Gasteiger partial charge in [0.2, 0.25) is 5.91 Å². The molecule has 2 aromatic carbocycles. The maximum Gasteiger partial charge on any atom is 0.303 e. The Morgan fingerprint density at radius 2 is 1.68 bits per heavy atom. The second-order valence-corrected chi connectivity index (χ2v) is 6.24. The van der Waals surface area contributed by atoms with Gasteiger partial charge in [0.25, 0.3) is 5.69 Å². The summed E-state index contributed by atoms with van der Waals surface area (Å²) in [5.41, 5.74) is -0.688. The summed E-state index contributed by atoms with van der Waals surface area (Å²) in [6.45, 7) is 6.77. The van der Waals surface area contributed by atoms with Crippen molar-refractivity contribution >= 4 is 40.0 Å². The molecule has 31 heavy (non-hydrogen) atoms. The van der Waals surface area contributed by atoms with Gasteiger partial charge < -0.3 is 10.2 Å². The number of nitro groups is 2. The van der Waals surface area contributed by atoms with E-state index in [4.69, 9.17) is 5.26 Å². The first kappa shape index (κ1) is 22.9. The summed E-state index contributed by atoms with van der Waals surface area (Å²) in [7, 11) is 0. The molecule has 12 nitrogen and oxygen atoms in total. The summed E-state index contributed by atoms with van der Waals surface area (Å²) in [4.78, 5) is 34.3. The topological polar surface area (TPSA) is 167 Å². The van der Waals surface area contributed by atoms with Gasteiger partial charge in [-0.1, -0.05) is 0 Å². The molecule has 0 atom stereocenters. The van der Waals surface area contributed by atoms with E-state index >= 15 is 0 Å². The number of amides is 1. The second-order valence-electron chi connectivity index (χ2n) is 6.24. The third kappa shape index (κ3) is 5.36. The Labute approximate surface area is 177 Å². The van der Waals surface area contributed by atoms with Crippen LogP contribution in [0.1, 0.15) is 26.3 Å². The number of nitrogens with one attached hydrogen (secondary N) is 1. The summed E-state index contributed by atoms with van der Waals surface area (Å²) in [6, 6.07) is 8.28. The molecule has 0 aliphatic carbocycles. The largest absolute Gasteiger partial charge is 0.372 e. The monoisotopic (exact) mass is 425 g/mol. The molecular weight excluding hydrogens is 406 g/mol. The first-order valence-electron chi connectivity index (χ1n) is 9.17. The van der Waals surface area contributed by atoms with Gasteiger partial charge in [0, 0.05) is 25.7 Å². The number of benzene rings is 2. The molecule has 0 unspecified atom stereocenters. The lowest BCUT2D eigenvalue weighted by molar-refractivity contribution is -0.393. The molecule has 160 valence electrons. The highest BCUT2D eigenvalue weighted by Crippen LogP contribution is 2.37. The average Bonchev–Trinajstić information content (AvgIpc) is 2.72. The number of azo groups is 1. The predicted octanol–water partition coefficient (Wildman–Crippen LogP) is 4.59. The third-order valence-corrected chi connectivity index (χ3v) is 4.29. The van der Waals surface area contributed by atoms with Gasteiger partial charge in [-0.25, -0.2) is 0 Å². The molecule has 0 spiro atoms. The van der Waals surface area contributed by atoms with Gasteiger partial charge in [0.1, 0.15) is 17.3 Å². The number of hydrogen-bond acceptors (Lipinski definition) is 9. The van der Waals surface area contributed by atoms with Crippen molar-refractivity contribution in [3.8, 4) is 6.07 Å². The van der Waals surface area contributed by atoms with E-state index in [1.54, 1.807) is 24.3 Å². The molecule has 1 amide bonds. The normalized spacial score (nSPS) is 10.5. The molecule has 2 aromatic rings. The van der Waals surface area contributed by atoms with E-state index in [1.807, 2.05) is 18.7 Å². The SMILES string of the molecule is CCN(CC)c1ccc(N=Nc2cc(C#N)c([N+](=O)[O-])cc2[N+](=O)[O-])c(NC(C)=O)c1. The van der Waals surface area contributed by atoms with Crippen molar-refractivity contribution in [1.29, 1.82) is 5.26 Å². The predicted molar refractivity (Wildman–Crippen MR) is 113 cm³/mol. The van der Waals surface area contributed by atoms with Crippen molar-refractivity contribution < 1.29 is 14.6 Å². The number of nitriles is 1. The van der Waals surface area contributed by atoms with E-state index in [-0.39, 0.29) is 22.8 Å². The van der Waals surface area contributed by atoms with Crippen LogP contribution in [0.2, 0.25) is 0 Å². The molecule has 0 aromatic heterocycles. The average molecular weight is 425 g/mol. The van der Waals surface area contributed by atoms with Crippen molar-refractivity contribution in [3.63, 3.8) is 0 Å². The Bertz CT molecular complexity index is 1100.